The summed E-state index contributed by atoms with van der Waals surface area (Å²) in [6, 6.07) is 46.1. The molecule has 3 heterocycles. The smallest absolute Gasteiger partial charge is 0.0964 e. The molecule has 9 aromatic rings. The zero-order chi connectivity index (χ0) is 30.2. The Labute approximate surface area is 265 Å². The molecule has 0 N–H and O–H groups in total. The van der Waals surface area contributed by atoms with Gasteiger partial charge in [0.05, 0.1) is 27.8 Å². The molecule has 3 nitrogen and oxygen atoms in total. The SMILES string of the molecule is C1=Cc2cccc3cc4c(c(c23)C1)c1ccccc1n4-c1ccc(-c2cnc3c(ccc4cccnc43)c2)cc1-c1ccccc1. The summed E-state index contributed by atoms with van der Waals surface area (Å²) in [5.74, 6) is 0. The summed E-state index contributed by atoms with van der Waals surface area (Å²) < 4.78 is 2.48. The summed E-state index contributed by atoms with van der Waals surface area (Å²) in [7, 11) is 0. The van der Waals surface area contributed by atoms with Crippen LogP contribution in [0.1, 0.15) is 11.1 Å². The number of benzene rings is 6. The van der Waals surface area contributed by atoms with Gasteiger partial charge in [0.25, 0.3) is 0 Å². The van der Waals surface area contributed by atoms with Crippen molar-refractivity contribution < 1.29 is 0 Å². The van der Waals surface area contributed by atoms with Crippen LogP contribution in [0.2, 0.25) is 0 Å². The number of pyridine rings is 2. The van der Waals surface area contributed by atoms with Crippen LogP contribution in [-0.2, 0) is 6.42 Å². The van der Waals surface area contributed by atoms with Crippen molar-refractivity contribution in [3.05, 3.63) is 157 Å². The molecule has 0 aliphatic heterocycles. The molecule has 6 aromatic carbocycles. The Bertz CT molecular complexity index is 2720. The highest BCUT2D eigenvalue weighted by Crippen LogP contribution is 2.43. The van der Waals surface area contributed by atoms with Gasteiger partial charge in [0.1, 0.15) is 0 Å². The van der Waals surface area contributed by atoms with E-state index in [9.17, 15) is 0 Å². The molecule has 0 saturated carbocycles. The van der Waals surface area contributed by atoms with E-state index in [2.05, 4.69) is 143 Å². The maximum absolute atomic E-state index is 4.93. The molecule has 0 unspecified atom stereocenters. The Morgan fingerprint density at radius 3 is 2.35 bits per heavy atom. The fourth-order valence-electron chi connectivity index (χ4n) is 7.60. The minimum absolute atomic E-state index is 0.932. The van der Waals surface area contributed by atoms with Gasteiger partial charge in [-0.15, -0.1) is 0 Å². The summed E-state index contributed by atoms with van der Waals surface area (Å²) in [4.78, 5) is 9.56. The Kier molecular flexibility index (Phi) is 5.34. The second-order valence-corrected chi connectivity index (χ2v) is 12.2. The largest absolute Gasteiger partial charge is 0.309 e. The van der Waals surface area contributed by atoms with Gasteiger partial charge in [0.15, 0.2) is 0 Å². The van der Waals surface area contributed by atoms with E-state index in [-0.39, 0.29) is 0 Å². The van der Waals surface area contributed by atoms with Crippen LogP contribution in [-0.4, -0.2) is 14.5 Å². The third kappa shape index (κ3) is 3.66. The molecule has 10 rings (SSSR count). The maximum atomic E-state index is 4.93. The zero-order valence-corrected chi connectivity index (χ0v) is 25.0. The number of aromatic nitrogens is 3. The van der Waals surface area contributed by atoms with Gasteiger partial charge in [0, 0.05) is 45.1 Å². The molecule has 1 aliphatic rings. The van der Waals surface area contributed by atoms with E-state index in [1.165, 1.54) is 60.5 Å². The molecule has 0 saturated heterocycles. The molecular formula is C43H27N3. The van der Waals surface area contributed by atoms with Crippen molar-refractivity contribution in [2.75, 3.05) is 0 Å². The number of nitrogens with zero attached hydrogens (tertiary/aromatic N) is 3. The van der Waals surface area contributed by atoms with Crippen LogP contribution in [0.4, 0.5) is 0 Å². The molecular weight excluding hydrogens is 558 g/mol. The van der Waals surface area contributed by atoms with Crippen LogP contribution in [0, 0.1) is 0 Å². The highest BCUT2D eigenvalue weighted by molar-refractivity contribution is 6.18. The first-order valence-electron chi connectivity index (χ1n) is 15.8. The predicted molar refractivity (Wildman–Crippen MR) is 192 cm³/mol. The average Bonchev–Trinajstić information content (AvgIpc) is 3.45. The predicted octanol–water partition coefficient (Wildman–Crippen LogP) is 10.9. The number of para-hydroxylation sites is 1. The summed E-state index contributed by atoms with van der Waals surface area (Å²) in [5, 5.41) is 7.50. The van der Waals surface area contributed by atoms with E-state index in [0.717, 1.165) is 39.4 Å². The standard InChI is InChI=1S/C43H27N3/c1-2-9-27(10-3-1)36-24-30(33-23-32-19-18-29-14-8-22-44-42(29)43(32)45-26-33)20-21-38(36)46-37-17-5-4-15-34(37)41-35-16-7-12-28-11-6-13-31(40(28)35)25-39(41)46/h1-15,17-26H,16H2. The quantitative estimate of drug-likeness (QED) is 0.193. The highest BCUT2D eigenvalue weighted by Gasteiger charge is 2.21. The van der Waals surface area contributed by atoms with Gasteiger partial charge < -0.3 is 4.57 Å². The average molecular weight is 586 g/mol. The van der Waals surface area contributed by atoms with Gasteiger partial charge >= 0.3 is 0 Å². The number of fused-ring (bicyclic) bond motifs is 7. The Balaban J connectivity index is 1.25. The van der Waals surface area contributed by atoms with Crippen molar-refractivity contribution in [1.82, 2.24) is 14.5 Å². The lowest BCUT2D eigenvalue weighted by atomic mass is 9.89. The summed E-state index contributed by atoms with van der Waals surface area (Å²) in [6.45, 7) is 0. The molecule has 0 radical (unpaired) electrons. The van der Waals surface area contributed by atoms with Crippen LogP contribution in [0.15, 0.2) is 146 Å². The fourth-order valence-corrected chi connectivity index (χ4v) is 7.60. The van der Waals surface area contributed by atoms with Gasteiger partial charge in [-0.3, -0.25) is 9.97 Å². The van der Waals surface area contributed by atoms with Crippen molar-refractivity contribution in [3.8, 4) is 27.9 Å². The van der Waals surface area contributed by atoms with E-state index >= 15 is 0 Å². The molecule has 46 heavy (non-hydrogen) atoms. The molecule has 0 amide bonds. The second kappa shape index (κ2) is 9.72. The number of hydrogen-bond acceptors (Lipinski definition) is 2. The molecule has 1 aliphatic carbocycles. The van der Waals surface area contributed by atoms with Crippen molar-refractivity contribution >= 4 is 60.5 Å². The van der Waals surface area contributed by atoms with Gasteiger partial charge in [-0.25, -0.2) is 0 Å². The molecule has 3 aromatic heterocycles. The fraction of sp³-hybridized carbons (Fsp3) is 0.0233. The van der Waals surface area contributed by atoms with Crippen molar-refractivity contribution in [2.24, 2.45) is 0 Å². The number of rotatable bonds is 3. The van der Waals surface area contributed by atoms with Crippen molar-refractivity contribution in [3.63, 3.8) is 0 Å². The van der Waals surface area contributed by atoms with Gasteiger partial charge in [-0.05, 0) is 75.8 Å². The van der Waals surface area contributed by atoms with Crippen LogP contribution in [0.3, 0.4) is 0 Å². The summed E-state index contributed by atoms with van der Waals surface area (Å²) in [6.07, 6.45) is 9.34. The topological polar surface area (TPSA) is 30.7 Å². The summed E-state index contributed by atoms with van der Waals surface area (Å²) >= 11 is 0. The molecule has 0 atom stereocenters. The summed E-state index contributed by atoms with van der Waals surface area (Å²) in [5.41, 5.74) is 12.8. The first kappa shape index (κ1) is 25.3. The van der Waals surface area contributed by atoms with E-state index < -0.39 is 0 Å². The van der Waals surface area contributed by atoms with E-state index in [0.29, 0.717) is 0 Å². The molecule has 0 spiro atoms. The molecule has 3 heteroatoms. The van der Waals surface area contributed by atoms with Gasteiger partial charge in [-0.2, -0.15) is 0 Å². The monoisotopic (exact) mass is 585 g/mol. The van der Waals surface area contributed by atoms with E-state index in [1.54, 1.807) is 0 Å². The van der Waals surface area contributed by atoms with Gasteiger partial charge in [0.2, 0.25) is 0 Å². The van der Waals surface area contributed by atoms with Crippen LogP contribution >= 0.6 is 0 Å². The lowest BCUT2D eigenvalue weighted by molar-refractivity contribution is 1.18. The third-order valence-electron chi connectivity index (χ3n) is 9.63. The zero-order valence-electron chi connectivity index (χ0n) is 25.0. The van der Waals surface area contributed by atoms with Crippen molar-refractivity contribution in [1.29, 1.82) is 0 Å². The lowest BCUT2D eigenvalue weighted by Crippen LogP contribution is -1.99. The second-order valence-electron chi connectivity index (χ2n) is 12.2. The first-order valence-corrected chi connectivity index (χ1v) is 15.8. The van der Waals surface area contributed by atoms with Crippen LogP contribution < -0.4 is 0 Å². The first-order chi connectivity index (χ1) is 22.8. The molecule has 214 valence electrons. The van der Waals surface area contributed by atoms with Crippen LogP contribution in [0.25, 0.3) is 88.4 Å². The van der Waals surface area contributed by atoms with Crippen molar-refractivity contribution in [2.45, 2.75) is 6.42 Å². The Hall–Kier alpha value is -6.06. The maximum Gasteiger partial charge on any atom is 0.0964 e. The third-order valence-corrected chi connectivity index (χ3v) is 9.63. The highest BCUT2D eigenvalue weighted by atomic mass is 15.0. The minimum Gasteiger partial charge on any atom is -0.309 e. The van der Waals surface area contributed by atoms with E-state index in [1.807, 2.05) is 18.5 Å². The lowest BCUT2D eigenvalue weighted by Gasteiger charge is -2.18. The normalized spacial score (nSPS) is 12.6. The van der Waals surface area contributed by atoms with Gasteiger partial charge in [-0.1, -0.05) is 103 Å². The Morgan fingerprint density at radius 2 is 1.39 bits per heavy atom. The number of allylic oxidation sites excluding steroid dienone is 1. The molecule has 0 fully saturated rings. The van der Waals surface area contributed by atoms with Crippen LogP contribution in [0.5, 0.6) is 0 Å². The number of hydrogen-bond donors (Lipinski definition) is 0. The minimum atomic E-state index is 0.932. The van der Waals surface area contributed by atoms with E-state index in [4.69, 9.17) is 4.98 Å². The molecule has 0 bridgehead atoms. The Morgan fingerprint density at radius 1 is 0.543 bits per heavy atom.